The smallest absolute Gasteiger partial charge is 0.243 e. The molecule has 0 amide bonds. The molecule has 2 rings (SSSR count). The van der Waals surface area contributed by atoms with Gasteiger partial charge in [0.05, 0.1) is 4.90 Å². The Morgan fingerprint density at radius 1 is 1.42 bits per heavy atom. The van der Waals surface area contributed by atoms with Gasteiger partial charge in [-0.25, -0.2) is 8.42 Å². The first-order chi connectivity index (χ1) is 8.54. The lowest BCUT2D eigenvalue weighted by Crippen LogP contribution is -2.45. The highest BCUT2D eigenvalue weighted by atomic mass is 35.5. The van der Waals surface area contributed by atoms with Gasteiger partial charge in [0.25, 0.3) is 0 Å². The number of hydrogen-bond acceptors (Lipinski definition) is 4. The molecule has 0 saturated carbocycles. The van der Waals surface area contributed by atoms with Crippen LogP contribution in [0.1, 0.15) is 12.8 Å². The van der Waals surface area contributed by atoms with Crippen LogP contribution in [0.3, 0.4) is 0 Å². The van der Waals surface area contributed by atoms with Crippen LogP contribution in [0.25, 0.3) is 0 Å². The number of piperidine rings is 1. The normalized spacial score (nSPS) is 20.8. The van der Waals surface area contributed by atoms with Gasteiger partial charge in [0.1, 0.15) is 0 Å². The lowest BCUT2D eigenvalue weighted by Gasteiger charge is -2.29. The van der Waals surface area contributed by atoms with Gasteiger partial charge in [-0.2, -0.15) is 4.31 Å². The van der Waals surface area contributed by atoms with Crippen LogP contribution in [0.15, 0.2) is 34.1 Å². The maximum absolute atomic E-state index is 12.5. The van der Waals surface area contributed by atoms with E-state index in [0.29, 0.717) is 18.0 Å². The second kappa shape index (κ2) is 6.95. The molecule has 1 saturated heterocycles. The number of rotatable bonds is 3. The van der Waals surface area contributed by atoms with E-state index in [4.69, 9.17) is 5.73 Å². The van der Waals surface area contributed by atoms with Crippen molar-refractivity contribution in [3.8, 4) is 0 Å². The van der Waals surface area contributed by atoms with Crippen LogP contribution in [0.4, 0.5) is 0 Å². The summed E-state index contributed by atoms with van der Waals surface area (Å²) in [5, 5.41) is 0. The summed E-state index contributed by atoms with van der Waals surface area (Å²) in [6, 6.07) is 7.01. The van der Waals surface area contributed by atoms with Gasteiger partial charge in [-0.05, 0) is 37.3 Å². The second-order valence-electron chi connectivity index (χ2n) is 4.44. The number of halogens is 1. The van der Waals surface area contributed by atoms with Crippen LogP contribution in [0.2, 0.25) is 0 Å². The maximum Gasteiger partial charge on any atom is 0.243 e. The quantitative estimate of drug-likeness (QED) is 0.864. The first-order valence-corrected chi connectivity index (χ1v) is 8.60. The Balaban J connectivity index is 0.00000180. The van der Waals surface area contributed by atoms with Gasteiger partial charge in [-0.1, -0.05) is 6.07 Å². The Hall–Kier alpha value is -0.270. The van der Waals surface area contributed by atoms with Gasteiger partial charge in [-0.15, -0.1) is 24.2 Å². The molecule has 4 nitrogen and oxygen atoms in total. The number of thioether (sulfide) groups is 1. The lowest BCUT2D eigenvalue weighted by molar-refractivity contribution is 0.316. The largest absolute Gasteiger partial charge is 0.327 e. The van der Waals surface area contributed by atoms with Gasteiger partial charge >= 0.3 is 0 Å². The Kier molecular flexibility index (Phi) is 6.14. The van der Waals surface area contributed by atoms with Crippen molar-refractivity contribution in [2.75, 3.05) is 19.3 Å². The summed E-state index contributed by atoms with van der Waals surface area (Å²) in [6.07, 6.45) is 3.67. The summed E-state index contributed by atoms with van der Waals surface area (Å²) < 4.78 is 26.4. The third-order valence-electron chi connectivity index (χ3n) is 3.10. The molecule has 0 bridgehead atoms. The van der Waals surface area contributed by atoms with E-state index in [1.54, 1.807) is 18.2 Å². The van der Waals surface area contributed by atoms with Crippen LogP contribution in [0.5, 0.6) is 0 Å². The van der Waals surface area contributed by atoms with E-state index in [0.717, 1.165) is 17.7 Å². The Bertz CT molecular complexity index is 522. The second-order valence-corrected chi connectivity index (χ2v) is 7.26. The number of nitrogens with zero attached hydrogens (tertiary/aromatic N) is 1. The molecule has 0 unspecified atom stereocenters. The minimum atomic E-state index is -3.39. The molecule has 1 aliphatic heterocycles. The highest BCUT2D eigenvalue weighted by Gasteiger charge is 2.28. The SMILES string of the molecule is CSc1cccc(S(=O)(=O)N2CCC[C@@H](N)C2)c1.Cl. The Morgan fingerprint density at radius 3 is 2.79 bits per heavy atom. The van der Waals surface area contributed by atoms with Gasteiger partial charge in [0, 0.05) is 24.0 Å². The van der Waals surface area contributed by atoms with E-state index in [-0.39, 0.29) is 18.4 Å². The minimum absolute atomic E-state index is 0. The van der Waals surface area contributed by atoms with Gasteiger partial charge < -0.3 is 5.73 Å². The lowest BCUT2D eigenvalue weighted by atomic mass is 10.1. The molecular weight excluding hydrogens is 304 g/mol. The molecule has 1 heterocycles. The summed E-state index contributed by atoms with van der Waals surface area (Å²) >= 11 is 1.54. The van der Waals surface area contributed by atoms with Crippen LogP contribution in [-0.4, -0.2) is 38.1 Å². The molecule has 19 heavy (non-hydrogen) atoms. The molecule has 0 radical (unpaired) electrons. The molecule has 0 spiro atoms. The summed E-state index contributed by atoms with van der Waals surface area (Å²) in [7, 11) is -3.39. The third-order valence-corrected chi connectivity index (χ3v) is 5.69. The molecule has 1 aliphatic rings. The van der Waals surface area contributed by atoms with Crippen LogP contribution >= 0.6 is 24.2 Å². The van der Waals surface area contributed by atoms with Crippen LogP contribution < -0.4 is 5.73 Å². The van der Waals surface area contributed by atoms with Crippen LogP contribution in [0, 0.1) is 0 Å². The van der Waals surface area contributed by atoms with Crippen molar-refractivity contribution in [2.45, 2.75) is 28.7 Å². The zero-order chi connectivity index (χ0) is 13.2. The van der Waals surface area contributed by atoms with E-state index >= 15 is 0 Å². The average molecular weight is 323 g/mol. The number of benzene rings is 1. The zero-order valence-electron chi connectivity index (χ0n) is 10.8. The standard InChI is InChI=1S/C12H18N2O2S2.ClH/c1-17-11-5-2-6-12(8-11)18(15,16)14-7-3-4-10(13)9-14;/h2,5-6,8,10H,3-4,7,9,13H2,1H3;1H/t10-;/m1./s1. The van der Waals surface area contributed by atoms with Gasteiger partial charge in [0.15, 0.2) is 0 Å². The fraction of sp³-hybridized carbons (Fsp3) is 0.500. The van der Waals surface area contributed by atoms with Crippen molar-refractivity contribution < 1.29 is 8.42 Å². The highest BCUT2D eigenvalue weighted by molar-refractivity contribution is 7.98. The molecular formula is C12H19ClN2O2S2. The molecule has 1 atom stereocenters. The minimum Gasteiger partial charge on any atom is -0.327 e. The predicted molar refractivity (Wildman–Crippen MR) is 81.4 cm³/mol. The molecule has 1 aromatic carbocycles. The van der Waals surface area contributed by atoms with Crippen molar-refractivity contribution in [3.63, 3.8) is 0 Å². The topological polar surface area (TPSA) is 63.4 Å². The first kappa shape index (κ1) is 16.8. The molecule has 7 heteroatoms. The Labute approximate surface area is 125 Å². The van der Waals surface area contributed by atoms with E-state index in [2.05, 4.69) is 0 Å². The van der Waals surface area contributed by atoms with Crippen molar-refractivity contribution >= 4 is 34.2 Å². The van der Waals surface area contributed by atoms with Crippen molar-refractivity contribution in [2.24, 2.45) is 5.73 Å². The number of sulfonamides is 1. The van der Waals surface area contributed by atoms with Gasteiger partial charge in [0.2, 0.25) is 10.0 Å². The number of nitrogens with two attached hydrogens (primary N) is 1. The molecule has 1 aromatic rings. The van der Waals surface area contributed by atoms with Crippen LogP contribution in [-0.2, 0) is 10.0 Å². The Morgan fingerprint density at radius 2 is 2.16 bits per heavy atom. The zero-order valence-corrected chi connectivity index (χ0v) is 13.2. The maximum atomic E-state index is 12.5. The number of hydrogen-bond donors (Lipinski definition) is 1. The first-order valence-electron chi connectivity index (χ1n) is 5.94. The third kappa shape index (κ3) is 3.86. The summed E-state index contributed by atoms with van der Waals surface area (Å²) in [4.78, 5) is 1.32. The average Bonchev–Trinajstić information content (AvgIpc) is 2.39. The predicted octanol–water partition coefficient (Wildman–Crippen LogP) is 1.94. The molecule has 1 fully saturated rings. The summed E-state index contributed by atoms with van der Waals surface area (Å²) in [5.41, 5.74) is 5.85. The van der Waals surface area contributed by atoms with E-state index in [1.165, 1.54) is 16.1 Å². The van der Waals surface area contributed by atoms with Crippen molar-refractivity contribution in [3.05, 3.63) is 24.3 Å². The van der Waals surface area contributed by atoms with Gasteiger partial charge in [-0.3, -0.25) is 0 Å². The summed E-state index contributed by atoms with van der Waals surface area (Å²) in [6.45, 7) is 0.991. The fourth-order valence-electron chi connectivity index (χ4n) is 2.10. The monoisotopic (exact) mass is 322 g/mol. The van der Waals surface area contributed by atoms with E-state index in [1.807, 2.05) is 12.3 Å². The van der Waals surface area contributed by atoms with E-state index in [9.17, 15) is 8.42 Å². The van der Waals surface area contributed by atoms with Crippen molar-refractivity contribution in [1.29, 1.82) is 0 Å². The molecule has 108 valence electrons. The molecule has 0 aliphatic carbocycles. The molecule has 2 N–H and O–H groups in total. The van der Waals surface area contributed by atoms with Crippen molar-refractivity contribution in [1.82, 2.24) is 4.31 Å². The highest BCUT2D eigenvalue weighted by Crippen LogP contribution is 2.23. The fourth-order valence-corrected chi connectivity index (χ4v) is 4.22. The molecule has 0 aromatic heterocycles. The van der Waals surface area contributed by atoms with E-state index < -0.39 is 10.0 Å². The summed E-state index contributed by atoms with van der Waals surface area (Å²) in [5.74, 6) is 0.